The Balaban J connectivity index is 2.43. The van der Waals surface area contributed by atoms with E-state index in [1.165, 1.54) is 0 Å². The number of ether oxygens (including phenoxy) is 2. The van der Waals surface area contributed by atoms with Crippen LogP contribution in [0.3, 0.4) is 0 Å². The Morgan fingerprint density at radius 2 is 2.05 bits per heavy atom. The third-order valence-electron chi connectivity index (χ3n) is 2.89. The van der Waals surface area contributed by atoms with Gasteiger partial charge in [-0.2, -0.15) is 0 Å². The highest BCUT2D eigenvalue weighted by molar-refractivity contribution is 4.96. The molecule has 6 nitrogen and oxygen atoms in total. The van der Waals surface area contributed by atoms with Gasteiger partial charge in [-0.15, -0.1) is 0 Å². The minimum atomic E-state index is 0.636. The van der Waals surface area contributed by atoms with Gasteiger partial charge in [0, 0.05) is 59.7 Å². The molecule has 0 aliphatic carbocycles. The summed E-state index contributed by atoms with van der Waals surface area (Å²) < 4.78 is 12.3. The molecular weight excluding hydrogens is 244 g/mol. The molecule has 2 N–H and O–H groups in total. The van der Waals surface area contributed by atoms with Gasteiger partial charge in [0.1, 0.15) is 0 Å². The number of nitrogens with zero attached hydrogens (tertiary/aromatic N) is 3. The maximum Gasteiger partial charge on any atom is 0.0950 e. The fourth-order valence-electron chi connectivity index (χ4n) is 1.91. The summed E-state index contributed by atoms with van der Waals surface area (Å²) in [6, 6.07) is 0. The van der Waals surface area contributed by atoms with E-state index in [1.807, 2.05) is 10.9 Å². The quantitative estimate of drug-likeness (QED) is 0.587. The van der Waals surface area contributed by atoms with E-state index in [9.17, 15) is 0 Å². The van der Waals surface area contributed by atoms with Crippen LogP contribution in [0.4, 0.5) is 0 Å². The number of nitrogens with two attached hydrogens (primary N) is 1. The second kappa shape index (κ2) is 9.91. The standard InChI is InChI=1S/C13H26N4O2/c1-18-8-3-5-16(7-9-19-2)10-13-11-17(6-4-14)12-15-13/h11-12H,3-10,14H2,1-2H3. The van der Waals surface area contributed by atoms with E-state index in [1.54, 1.807) is 14.2 Å². The first kappa shape index (κ1) is 16.1. The molecule has 6 heteroatoms. The molecule has 0 unspecified atom stereocenters. The average Bonchev–Trinajstić information content (AvgIpc) is 2.84. The van der Waals surface area contributed by atoms with Crippen LogP contribution in [0.1, 0.15) is 12.1 Å². The topological polar surface area (TPSA) is 65.5 Å². The highest BCUT2D eigenvalue weighted by Gasteiger charge is 2.08. The molecule has 0 amide bonds. The normalized spacial score (nSPS) is 11.4. The summed E-state index contributed by atoms with van der Waals surface area (Å²) in [5.74, 6) is 0. The van der Waals surface area contributed by atoms with Gasteiger partial charge in [-0.1, -0.05) is 0 Å². The lowest BCUT2D eigenvalue weighted by molar-refractivity contribution is 0.128. The zero-order valence-corrected chi connectivity index (χ0v) is 12.0. The Bertz CT molecular complexity index is 330. The van der Waals surface area contributed by atoms with E-state index in [0.29, 0.717) is 6.54 Å². The maximum absolute atomic E-state index is 5.53. The van der Waals surface area contributed by atoms with Crippen molar-refractivity contribution in [3.05, 3.63) is 18.2 Å². The van der Waals surface area contributed by atoms with Gasteiger partial charge in [0.2, 0.25) is 0 Å². The highest BCUT2D eigenvalue weighted by Crippen LogP contribution is 2.03. The van der Waals surface area contributed by atoms with E-state index >= 15 is 0 Å². The number of hydrogen-bond acceptors (Lipinski definition) is 5. The largest absolute Gasteiger partial charge is 0.385 e. The molecule has 0 spiro atoms. The van der Waals surface area contributed by atoms with E-state index in [2.05, 4.69) is 16.1 Å². The van der Waals surface area contributed by atoms with Crippen LogP contribution in [0.5, 0.6) is 0 Å². The lowest BCUT2D eigenvalue weighted by Crippen LogP contribution is -2.29. The number of imidazole rings is 1. The van der Waals surface area contributed by atoms with E-state index in [-0.39, 0.29) is 0 Å². The Hall–Kier alpha value is -0.950. The molecule has 0 fully saturated rings. The Morgan fingerprint density at radius 1 is 1.26 bits per heavy atom. The zero-order valence-electron chi connectivity index (χ0n) is 12.0. The molecule has 0 aromatic carbocycles. The van der Waals surface area contributed by atoms with Crippen LogP contribution < -0.4 is 5.73 Å². The van der Waals surface area contributed by atoms with Gasteiger partial charge in [-0.25, -0.2) is 4.98 Å². The minimum Gasteiger partial charge on any atom is -0.385 e. The van der Waals surface area contributed by atoms with Gasteiger partial charge in [0.05, 0.1) is 18.6 Å². The lowest BCUT2D eigenvalue weighted by Gasteiger charge is -2.20. The van der Waals surface area contributed by atoms with Crippen LogP contribution in [0.2, 0.25) is 0 Å². The molecular formula is C13H26N4O2. The highest BCUT2D eigenvalue weighted by atomic mass is 16.5. The summed E-state index contributed by atoms with van der Waals surface area (Å²) in [5, 5.41) is 0. The average molecular weight is 270 g/mol. The van der Waals surface area contributed by atoms with Gasteiger partial charge in [0.15, 0.2) is 0 Å². The van der Waals surface area contributed by atoms with Crippen LogP contribution in [-0.4, -0.2) is 61.5 Å². The van der Waals surface area contributed by atoms with Crippen LogP contribution in [-0.2, 0) is 22.6 Å². The molecule has 19 heavy (non-hydrogen) atoms. The molecule has 0 saturated carbocycles. The van der Waals surface area contributed by atoms with Crippen molar-refractivity contribution < 1.29 is 9.47 Å². The molecule has 1 aromatic rings. The molecule has 0 bridgehead atoms. The van der Waals surface area contributed by atoms with Crippen molar-refractivity contribution in [1.29, 1.82) is 0 Å². The second-order valence-electron chi connectivity index (χ2n) is 4.51. The third-order valence-corrected chi connectivity index (χ3v) is 2.89. The summed E-state index contributed by atoms with van der Waals surface area (Å²) in [6.07, 6.45) is 4.92. The zero-order chi connectivity index (χ0) is 13.9. The Kier molecular flexibility index (Phi) is 8.40. The molecule has 0 aliphatic heterocycles. The van der Waals surface area contributed by atoms with E-state index in [0.717, 1.165) is 51.5 Å². The fourth-order valence-corrected chi connectivity index (χ4v) is 1.91. The Labute approximate surface area is 115 Å². The summed E-state index contributed by atoms with van der Waals surface area (Å²) in [7, 11) is 3.46. The smallest absolute Gasteiger partial charge is 0.0950 e. The third kappa shape index (κ3) is 6.68. The number of hydrogen-bond donors (Lipinski definition) is 1. The van der Waals surface area contributed by atoms with Crippen LogP contribution in [0.15, 0.2) is 12.5 Å². The van der Waals surface area contributed by atoms with Crippen molar-refractivity contribution >= 4 is 0 Å². The lowest BCUT2D eigenvalue weighted by atomic mass is 10.3. The summed E-state index contributed by atoms with van der Waals surface area (Å²) in [6.45, 7) is 5.70. The van der Waals surface area contributed by atoms with Crippen molar-refractivity contribution in [3.8, 4) is 0 Å². The molecule has 0 saturated heterocycles. The fraction of sp³-hybridized carbons (Fsp3) is 0.769. The molecule has 1 heterocycles. The van der Waals surface area contributed by atoms with Gasteiger partial charge in [-0.3, -0.25) is 4.90 Å². The molecule has 110 valence electrons. The van der Waals surface area contributed by atoms with Gasteiger partial charge < -0.3 is 19.8 Å². The first-order chi connectivity index (χ1) is 9.30. The van der Waals surface area contributed by atoms with Crippen molar-refractivity contribution in [2.75, 3.05) is 47.1 Å². The molecule has 1 aromatic heterocycles. The summed E-state index contributed by atoms with van der Waals surface area (Å²) in [5.41, 5.74) is 6.60. The minimum absolute atomic E-state index is 0.636. The number of aromatic nitrogens is 2. The predicted octanol–water partition coefficient (Wildman–Crippen LogP) is 0.327. The summed E-state index contributed by atoms with van der Waals surface area (Å²) >= 11 is 0. The van der Waals surface area contributed by atoms with Gasteiger partial charge >= 0.3 is 0 Å². The predicted molar refractivity (Wildman–Crippen MR) is 74.9 cm³/mol. The van der Waals surface area contributed by atoms with Crippen molar-refractivity contribution in [2.24, 2.45) is 5.73 Å². The summed E-state index contributed by atoms with van der Waals surface area (Å²) in [4.78, 5) is 6.74. The van der Waals surface area contributed by atoms with Crippen molar-refractivity contribution in [2.45, 2.75) is 19.5 Å². The van der Waals surface area contributed by atoms with Gasteiger partial charge in [0.25, 0.3) is 0 Å². The van der Waals surface area contributed by atoms with E-state index < -0.39 is 0 Å². The molecule has 1 rings (SSSR count). The van der Waals surface area contributed by atoms with Crippen LogP contribution >= 0.6 is 0 Å². The first-order valence-electron chi connectivity index (χ1n) is 6.71. The molecule has 0 radical (unpaired) electrons. The number of rotatable bonds is 11. The molecule has 0 aliphatic rings. The Morgan fingerprint density at radius 3 is 2.74 bits per heavy atom. The number of methoxy groups -OCH3 is 2. The van der Waals surface area contributed by atoms with Crippen LogP contribution in [0, 0.1) is 0 Å². The van der Waals surface area contributed by atoms with Crippen molar-refractivity contribution in [1.82, 2.24) is 14.5 Å². The molecule has 0 atom stereocenters. The van der Waals surface area contributed by atoms with Gasteiger partial charge in [-0.05, 0) is 6.42 Å². The first-order valence-corrected chi connectivity index (χ1v) is 6.71. The van der Waals surface area contributed by atoms with Crippen molar-refractivity contribution in [3.63, 3.8) is 0 Å². The SMILES string of the molecule is COCCCN(CCOC)Cc1cn(CCN)cn1. The van der Waals surface area contributed by atoms with Crippen LogP contribution in [0.25, 0.3) is 0 Å². The second-order valence-corrected chi connectivity index (χ2v) is 4.51. The van der Waals surface area contributed by atoms with E-state index in [4.69, 9.17) is 15.2 Å². The maximum atomic E-state index is 5.53. The monoisotopic (exact) mass is 270 g/mol.